The van der Waals surface area contributed by atoms with Gasteiger partial charge >= 0.3 is 5.97 Å². The van der Waals surface area contributed by atoms with Gasteiger partial charge in [0.25, 0.3) is 0 Å². The number of hydrogen-bond acceptors (Lipinski definition) is 6. The second-order valence-electron chi connectivity index (χ2n) is 11.2. The average Bonchev–Trinajstić information content (AvgIpc) is 3.38. The minimum Gasteiger partial charge on any atom is -0.465 e. The Morgan fingerprint density at radius 1 is 1.17 bits per heavy atom. The molecule has 2 aromatic rings. The highest BCUT2D eigenvalue weighted by atomic mass is 32.2. The van der Waals surface area contributed by atoms with Crippen molar-refractivity contribution >= 4 is 50.9 Å². The fourth-order valence-electron chi connectivity index (χ4n) is 5.82. The Hall–Kier alpha value is -0.980. The van der Waals surface area contributed by atoms with Crippen molar-refractivity contribution in [2.75, 3.05) is 23.9 Å². The molecule has 4 rings (SSSR count). The third-order valence-corrected chi connectivity index (χ3v) is 11.0. The minimum atomic E-state index is -0.298. The number of fused-ring (bicyclic) bond motifs is 1. The highest BCUT2D eigenvalue weighted by Gasteiger charge is 2.66. The SMILES string of the molecule is CC(C)CC1(C)CC1(C)C(=O)OCCCCCSc1cc(=O)sc2cccc(C3CCSCC3)c12. The first kappa shape index (κ1) is 27.1. The molecular formula is C29H40O3S3. The number of unbranched alkanes of at least 4 members (excludes halogenated alkanes) is 2. The van der Waals surface area contributed by atoms with Gasteiger partial charge in [-0.05, 0) is 98.0 Å². The first-order valence-corrected chi connectivity index (χ1v) is 16.1. The molecule has 2 heterocycles. The summed E-state index contributed by atoms with van der Waals surface area (Å²) in [7, 11) is 0. The number of ether oxygens (including phenoxy) is 1. The Balaban J connectivity index is 1.26. The lowest BCUT2D eigenvalue weighted by atomic mass is 9.88. The first-order valence-electron chi connectivity index (χ1n) is 13.2. The number of hydrogen-bond donors (Lipinski definition) is 0. The van der Waals surface area contributed by atoms with Gasteiger partial charge in [0.15, 0.2) is 0 Å². The van der Waals surface area contributed by atoms with Gasteiger partial charge in [-0.3, -0.25) is 9.59 Å². The van der Waals surface area contributed by atoms with Crippen LogP contribution in [0.3, 0.4) is 0 Å². The van der Waals surface area contributed by atoms with Crippen LogP contribution in [0.5, 0.6) is 0 Å². The molecule has 0 spiro atoms. The van der Waals surface area contributed by atoms with E-state index < -0.39 is 0 Å². The lowest BCUT2D eigenvalue weighted by Crippen LogP contribution is -2.23. The molecule has 1 saturated carbocycles. The molecule has 2 fully saturated rings. The predicted octanol–water partition coefficient (Wildman–Crippen LogP) is 8.14. The van der Waals surface area contributed by atoms with E-state index in [0.717, 1.165) is 47.5 Å². The molecule has 2 aliphatic rings. The van der Waals surface area contributed by atoms with E-state index in [-0.39, 0.29) is 21.5 Å². The second-order valence-corrected chi connectivity index (χ2v) is 14.7. The van der Waals surface area contributed by atoms with E-state index in [4.69, 9.17) is 4.74 Å². The van der Waals surface area contributed by atoms with Crippen molar-refractivity contribution in [2.24, 2.45) is 16.7 Å². The first-order chi connectivity index (χ1) is 16.7. The molecule has 1 saturated heterocycles. The van der Waals surface area contributed by atoms with Crippen molar-refractivity contribution < 1.29 is 9.53 Å². The normalized spacial score (nSPS) is 24.7. The van der Waals surface area contributed by atoms with Crippen LogP contribution < -0.4 is 4.74 Å². The van der Waals surface area contributed by atoms with Crippen LogP contribution in [0.1, 0.15) is 84.1 Å². The molecule has 2 unspecified atom stereocenters. The predicted molar refractivity (Wildman–Crippen MR) is 153 cm³/mol. The molecule has 0 N–H and O–H groups in total. The Morgan fingerprint density at radius 2 is 1.94 bits per heavy atom. The summed E-state index contributed by atoms with van der Waals surface area (Å²) in [4.78, 5) is 26.2. The number of thioether (sulfide) groups is 2. The fourth-order valence-corrected chi connectivity index (χ4v) is 9.06. The summed E-state index contributed by atoms with van der Waals surface area (Å²) in [5.74, 6) is 4.64. The summed E-state index contributed by atoms with van der Waals surface area (Å²) in [5, 5.41) is 1.31. The smallest absolute Gasteiger partial charge is 0.312 e. The summed E-state index contributed by atoms with van der Waals surface area (Å²) < 4.78 is 6.95. The quantitative estimate of drug-likeness (QED) is 0.166. The summed E-state index contributed by atoms with van der Waals surface area (Å²) in [5.41, 5.74) is 1.24. The van der Waals surface area contributed by atoms with E-state index in [9.17, 15) is 9.59 Å². The summed E-state index contributed by atoms with van der Waals surface area (Å²) in [6.07, 6.45) is 7.47. The standard InChI is InChI=1S/C29H40O3S3/c1-20(2)18-28(3)19-29(28,4)27(31)32-13-6-5-7-14-34-24-17-25(30)35-23-10-8-9-22(26(23)24)21-11-15-33-16-12-21/h8-10,17,20-21H,5-7,11-16,18-19H2,1-4H3. The molecule has 2 atom stereocenters. The Labute approximate surface area is 223 Å². The van der Waals surface area contributed by atoms with Gasteiger partial charge in [0.05, 0.1) is 12.0 Å². The molecule has 1 aromatic heterocycles. The number of benzene rings is 1. The van der Waals surface area contributed by atoms with Crippen molar-refractivity contribution in [1.29, 1.82) is 0 Å². The van der Waals surface area contributed by atoms with Crippen LogP contribution in [0.25, 0.3) is 10.1 Å². The van der Waals surface area contributed by atoms with Crippen molar-refractivity contribution in [2.45, 2.75) is 83.5 Å². The van der Waals surface area contributed by atoms with Crippen LogP contribution in [-0.2, 0) is 9.53 Å². The van der Waals surface area contributed by atoms with Crippen LogP contribution in [0, 0.1) is 16.7 Å². The van der Waals surface area contributed by atoms with E-state index in [0.29, 0.717) is 18.4 Å². The van der Waals surface area contributed by atoms with Crippen LogP contribution in [-0.4, -0.2) is 29.8 Å². The number of rotatable bonds is 11. The minimum absolute atomic E-state index is 0.0105. The average molecular weight is 533 g/mol. The molecule has 0 radical (unpaired) electrons. The fraction of sp³-hybridized carbons (Fsp3) is 0.655. The second kappa shape index (κ2) is 11.6. The molecular weight excluding hydrogens is 493 g/mol. The molecule has 6 heteroatoms. The van der Waals surface area contributed by atoms with Gasteiger partial charge in [-0.1, -0.05) is 44.2 Å². The molecule has 0 amide bonds. The van der Waals surface area contributed by atoms with Gasteiger partial charge in [-0.2, -0.15) is 11.8 Å². The van der Waals surface area contributed by atoms with E-state index in [2.05, 4.69) is 57.7 Å². The van der Waals surface area contributed by atoms with E-state index >= 15 is 0 Å². The molecule has 1 aliphatic heterocycles. The topological polar surface area (TPSA) is 43.4 Å². The third kappa shape index (κ3) is 6.30. The Bertz CT molecular complexity index is 1090. The van der Waals surface area contributed by atoms with Crippen molar-refractivity contribution in [3.63, 3.8) is 0 Å². The number of carbonyl (C=O) groups excluding carboxylic acids is 1. The van der Waals surface area contributed by atoms with Gasteiger partial charge in [-0.15, -0.1) is 11.8 Å². The maximum atomic E-state index is 12.7. The van der Waals surface area contributed by atoms with E-state index in [1.54, 1.807) is 0 Å². The van der Waals surface area contributed by atoms with Gasteiger partial charge in [-0.25, -0.2) is 0 Å². The van der Waals surface area contributed by atoms with E-state index in [1.807, 2.05) is 17.8 Å². The molecule has 192 valence electrons. The van der Waals surface area contributed by atoms with Crippen molar-refractivity contribution in [3.8, 4) is 0 Å². The lowest BCUT2D eigenvalue weighted by Gasteiger charge is -2.23. The van der Waals surface area contributed by atoms with Gasteiger partial charge in [0, 0.05) is 21.0 Å². The number of esters is 1. The number of carbonyl (C=O) groups is 1. The van der Waals surface area contributed by atoms with Crippen LogP contribution in [0.15, 0.2) is 34.0 Å². The molecule has 0 bridgehead atoms. The monoisotopic (exact) mass is 532 g/mol. The maximum Gasteiger partial charge on any atom is 0.312 e. The van der Waals surface area contributed by atoms with Crippen LogP contribution in [0.4, 0.5) is 0 Å². The molecule has 1 aliphatic carbocycles. The Kier molecular flexibility index (Phi) is 8.97. The lowest BCUT2D eigenvalue weighted by molar-refractivity contribution is -0.151. The van der Waals surface area contributed by atoms with Crippen LogP contribution >= 0.6 is 34.9 Å². The zero-order valence-corrected chi connectivity index (χ0v) is 24.1. The Morgan fingerprint density at radius 3 is 2.69 bits per heavy atom. The summed E-state index contributed by atoms with van der Waals surface area (Å²) in [6.45, 7) is 9.26. The third-order valence-electron chi connectivity index (χ3n) is 7.96. The summed E-state index contributed by atoms with van der Waals surface area (Å²) in [6, 6.07) is 8.36. The highest BCUT2D eigenvalue weighted by Crippen LogP contribution is 2.67. The van der Waals surface area contributed by atoms with Crippen molar-refractivity contribution in [3.05, 3.63) is 39.4 Å². The van der Waals surface area contributed by atoms with Crippen LogP contribution in [0.2, 0.25) is 0 Å². The zero-order chi connectivity index (χ0) is 25.1. The van der Waals surface area contributed by atoms with E-state index in [1.165, 1.54) is 46.6 Å². The summed E-state index contributed by atoms with van der Waals surface area (Å²) >= 11 is 5.25. The highest BCUT2D eigenvalue weighted by molar-refractivity contribution is 7.99. The van der Waals surface area contributed by atoms with Gasteiger partial charge in [0.2, 0.25) is 4.74 Å². The van der Waals surface area contributed by atoms with Crippen molar-refractivity contribution in [1.82, 2.24) is 0 Å². The maximum absolute atomic E-state index is 12.7. The van der Waals surface area contributed by atoms with Gasteiger partial charge in [0.1, 0.15) is 0 Å². The molecule has 3 nitrogen and oxygen atoms in total. The largest absolute Gasteiger partial charge is 0.465 e. The molecule has 35 heavy (non-hydrogen) atoms. The molecule has 1 aromatic carbocycles. The zero-order valence-electron chi connectivity index (χ0n) is 21.7. The van der Waals surface area contributed by atoms with Gasteiger partial charge < -0.3 is 4.74 Å².